The summed E-state index contributed by atoms with van der Waals surface area (Å²) in [4.78, 5) is 12.1. The van der Waals surface area contributed by atoms with E-state index in [-0.39, 0.29) is 5.78 Å². The van der Waals surface area contributed by atoms with Crippen molar-refractivity contribution >= 4 is 17.5 Å². The minimum absolute atomic E-state index is 0.160. The van der Waals surface area contributed by atoms with Crippen LogP contribution in [0.25, 0.3) is 0 Å². The van der Waals surface area contributed by atoms with Crippen molar-refractivity contribution in [3.05, 3.63) is 22.8 Å². The van der Waals surface area contributed by atoms with Crippen LogP contribution in [0, 0.1) is 0 Å². The number of carbonyl (C=O) groups excluding carboxylic acids is 1. The van der Waals surface area contributed by atoms with E-state index in [0.29, 0.717) is 5.37 Å². The monoisotopic (exact) mass is 167 g/mol. The van der Waals surface area contributed by atoms with Crippen LogP contribution >= 0.6 is 11.8 Å². The van der Waals surface area contributed by atoms with Crippen molar-refractivity contribution in [1.82, 2.24) is 5.32 Å². The Morgan fingerprint density at radius 2 is 2.55 bits per heavy atom. The van der Waals surface area contributed by atoms with Crippen molar-refractivity contribution in [2.45, 2.75) is 18.7 Å². The largest absolute Gasteiger partial charge is 0.375 e. The van der Waals surface area contributed by atoms with Crippen molar-refractivity contribution in [3.8, 4) is 0 Å². The highest BCUT2D eigenvalue weighted by atomic mass is 32.2. The van der Waals surface area contributed by atoms with Gasteiger partial charge >= 0.3 is 0 Å². The van der Waals surface area contributed by atoms with Gasteiger partial charge in [-0.25, -0.2) is 0 Å². The number of hydrogen-bond acceptors (Lipinski definition) is 3. The summed E-state index contributed by atoms with van der Waals surface area (Å²) >= 11 is 1.63. The van der Waals surface area contributed by atoms with Gasteiger partial charge in [-0.1, -0.05) is 17.8 Å². The second-order valence-corrected chi connectivity index (χ2v) is 4.03. The number of allylic oxidation sites excluding steroid dienone is 3. The molecule has 2 aliphatic rings. The summed E-state index contributed by atoms with van der Waals surface area (Å²) in [5.41, 5.74) is 1.11. The third-order valence-electron chi connectivity index (χ3n) is 1.76. The van der Waals surface area contributed by atoms with Gasteiger partial charge in [-0.3, -0.25) is 4.79 Å². The first-order valence-electron chi connectivity index (χ1n) is 3.64. The van der Waals surface area contributed by atoms with E-state index in [1.54, 1.807) is 17.8 Å². The van der Waals surface area contributed by atoms with E-state index < -0.39 is 0 Å². The topological polar surface area (TPSA) is 29.1 Å². The Balaban J connectivity index is 2.28. The zero-order chi connectivity index (χ0) is 7.84. The maximum atomic E-state index is 11.2. The maximum absolute atomic E-state index is 11.2. The van der Waals surface area contributed by atoms with E-state index in [1.165, 1.54) is 0 Å². The summed E-state index contributed by atoms with van der Waals surface area (Å²) in [7, 11) is 0. The Labute approximate surface area is 69.7 Å². The summed E-state index contributed by atoms with van der Waals surface area (Å²) < 4.78 is 0. The van der Waals surface area contributed by atoms with Gasteiger partial charge in [0.05, 0.1) is 10.3 Å². The molecule has 0 aromatic carbocycles. The first kappa shape index (κ1) is 6.98. The molecule has 0 fully saturated rings. The van der Waals surface area contributed by atoms with E-state index in [1.807, 2.05) is 6.08 Å². The predicted molar refractivity (Wildman–Crippen MR) is 46.0 cm³/mol. The molecule has 1 heterocycles. The van der Waals surface area contributed by atoms with Crippen molar-refractivity contribution in [3.63, 3.8) is 0 Å². The molecular weight excluding hydrogens is 158 g/mol. The van der Waals surface area contributed by atoms with Gasteiger partial charge in [0.2, 0.25) is 0 Å². The van der Waals surface area contributed by atoms with E-state index in [4.69, 9.17) is 0 Å². The second-order valence-electron chi connectivity index (χ2n) is 2.68. The molecule has 1 aliphatic heterocycles. The molecule has 58 valence electrons. The average molecular weight is 167 g/mol. The van der Waals surface area contributed by atoms with Gasteiger partial charge in [0.15, 0.2) is 5.78 Å². The number of thioether (sulfide) groups is 1. The van der Waals surface area contributed by atoms with Gasteiger partial charge in [-0.2, -0.15) is 0 Å². The first-order chi connectivity index (χ1) is 5.27. The third-order valence-corrected chi connectivity index (χ3v) is 2.92. The van der Waals surface area contributed by atoms with Gasteiger partial charge in [0, 0.05) is 12.1 Å². The highest BCUT2D eigenvalue weighted by Crippen LogP contribution is 2.34. The average Bonchev–Trinajstić information content (AvgIpc) is 2.31. The second kappa shape index (κ2) is 2.41. The van der Waals surface area contributed by atoms with E-state index >= 15 is 0 Å². The van der Waals surface area contributed by atoms with Crippen LogP contribution in [0.2, 0.25) is 0 Å². The van der Waals surface area contributed by atoms with Crippen LogP contribution in [0.1, 0.15) is 13.3 Å². The number of carbonyl (C=O) groups is 1. The molecule has 0 saturated heterocycles. The van der Waals surface area contributed by atoms with Crippen molar-refractivity contribution in [2.24, 2.45) is 0 Å². The Morgan fingerprint density at radius 3 is 3.27 bits per heavy atom. The highest BCUT2D eigenvalue weighted by Gasteiger charge is 2.25. The SMILES string of the molecule is CC1NC2=C(S1)C(=O)C=CC2. The van der Waals surface area contributed by atoms with E-state index in [2.05, 4.69) is 12.2 Å². The molecular formula is C8H9NOS. The number of ketones is 1. The van der Waals surface area contributed by atoms with Crippen molar-refractivity contribution < 1.29 is 4.79 Å². The van der Waals surface area contributed by atoms with Crippen LogP contribution in [0.15, 0.2) is 22.8 Å². The molecule has 1 atom stereocenters. The summed E-state index contributed by atoms with van der Waals surface area (Å²) in [5.74, 6) is 0.160. The lowest BCUT2D eigenvalue weighted by Crippen LogP contribution is -2.16. The Morgan fingerprint density at radius 1 is 1.73 bits per heavy atom. The quantitative estimate of drug-likeness (QED) is 0.591. The summed E-state index contributed by atoms with van der Waals surface area (Å²) in [6.07, 6.45) is 4.46. The highest BCUT2D eigenvalue weighted by molar-refractivity contribution is 8.04. The fourth-order valence-electron chi connectivity index (χ4n) is 1.31. The fraction of sp³-hybridized carbons (Fsp3) is 0.375. The molecule has 0 aromatic heterocycles. The smallest absolute Gasteiger partial charge is 0.193 e. The van der Waals surface area contributed by atoms with Crippen molar-refractivity contribution in [1.29, 1.82) is 0 Å². The fourth-order valence-corrected chi connectivity index (χ4v) is 2.33. The molecule has 0 aromatic rings. The maximum Gasteiger partial charge on any atom is 0.193 e. The van der Waals surface area contributed by atoms with E-state index in [9.17, 15) is 4.79 Å². The Kier molecular flexibility index (Phi) is 1.53. The number of nitrogens with one attached hydrogen (secondary N) is 1. The van der Waals surface area contributed by atoms with Crippen LogP contribution in [-0.2, 0) is 4.79 Å². The van der Waals surface area contributed by atoms with Crippen LogP contribution < -0.4 is 5.32 Å². The molecule has 0 bridgehead atoms. The third kappa shape index (κ3) is 1.09. The van der Waals surface area contributed by atoms with Crippen LogP contribution in [0.4, 0.5) is 0 Å². The molecule has 2 nitrogen and oxygen atoms in total. The minimum Gasteiger partial charge on any atom is -0.375 e. The molecule has 0 saturated carbocycles. The predicted octanol–water partition coefficient (Wildman–Crippen LogP) is 1.41. The first-order valence-corrected chi connectivity index (χ1v) is 4.52. The molecule has 0 radical (unpaired) electrons. The molecule has 1 aliphatic carbocycles. The molecule has 0 amide bonds. The molecule has 11 heavy (non-hydrogen) atoms. The van der Waals surface area contributed by atoms with Gasteiger partial charge in [-0.15, -0.1) is 0 Å². The number of hydrogen-bond donors (Lipinski definition) is 1. The molecule has 0 spiro atoms. The summed E-state index contributed by atoms with van der Waals surface area (Å²) in [5, 5.41) is 3.62. The lowest BCUT2D eigenvalue weighted by Gasteiger charge is -2.05. The normalized spacial score (nSPS) is 28.8. The molecule has 1 N–H and O–H groups in total. The minimum atomic E-state index is 0.160. The molecule has 3 heteroatoms. The summed E-state index contributed by atoms with van der Waals surface area (Å²) in [6, 6.07) is 0. The van der Waals surface area contributed by atoms with Gasteiger partial charge in [0.1, 0.15) is 0 Å². The lowest BCUT2D eigenvalue weighted by molar-refractivity contribution is -0.110. The standard InChI is InChI=1S/C8H9NOS/c1-5-9-6-3-2-4-7(10)8(6)11-5/h2,4-5,9H,3H2,1H3. The van der Waals surface area contributed by atoms with Crippen LogP contribution in [-0.4, -0.2) is 11.2 Å². The molecule has 1 unspecified atom stereocenters. The van der Waals surface area contributed by atoms with Gasteiger partial charge in [0.25, 0.3) is 0 Å². The Hall–Kier alpha value is -0.700. The van der Waals surface area contributed by atoms with Gasteiger partial charge in [-0.05, 0) is 13.0 Å². The number of rotatable bonds is 0. The van der Waals surface area contributed by atoms with E-state index in [0.717, 1.165) is 17.0 Å². The molecule has 2 rings (SSSR count). The van der Waals surface area contributed by atoms with Crippen molar-refractivity contribution in [2.75, 3.05) is 0 Å². The van der Waals surface area contributed by atoms with Gasteiger partial charge < -0.3 is 5.32 Å². The zero-order valence-corrected chi connectivity index (χ0v) is 7.07. The Bertz CT molecular complexity index is 267. The van der Waals surface area contributed by atoms with Crippen LogP contribution in [0.5, 0.6) is 0 Å². The van der Waals surface area contributed by atoms with Crippen LogP contribution in [0.3, 0.4) is 0 Å². The lowest BCUT2D eigenvalue weighted by atomic mass is 10.1. The zero-order valence-electron chi connectivity index (χ0n) is 6.26. The summed E-state index contributed by atoms with van der Waals surface area (Å²) in [6.45, 7) is 2.07.